The Kier molecular flexibility index (Phi) is 2.32. The Labute approximate surface area is 93.9 Å². The molecule has 0 aromatic carbocycles. The number of aromatic nitrogens is 4. The number of rotatable bonds is 3. The molecule has 3 rings (SSSR count). The van der Waals surface area contributed by atoms with Crippen LogP contribution in [0, 0.1) is 0 Å². The fourth-order valence-electron chi connectivity index (χ4n) is 2.04. The van der Waals surface area contributed by atoms with Crippen molar-refractivity contribution in [2.75, 3.05) is 7.05 Å². The molecule has 16 heavy (non-hydrogen) atoms. The van der Waals surface area contributed by atoms with Crippen LogP contribution in [-0.2, 0) is 6.54 Å². The van der Waals surface area contributed by atoms with Crippen LogP contribution >= 0.6 is 0 Å². The average Bonchev–Trinajstić information content (AvgIpc) is 2.60. The lowest BCUT2D eigenvalue weighted by Crippen LogP contribution is -2.14. The number of nitrogens with zero attached hydrogens (tertiary/aromatic N) is 4. The van der Waals surface area contributed by atoms with E-state index in [-0.39, 0.29) is 0 Å². The first kappa shape index (κ1) is 9.72. The molecule has 0 atom stereocenters. The van der Waals surface area contributed by atoms with E-state index in [1.165, 1.54) is 25.0 Å². The molecule has 0 amide bonds. The molecule has 5 nitrogen and oxygen atoms in total. The van der Waals surface area contributed by atoms with Crippen LogP contribution in [0.15, 0.2) is 12.1 Å². The Morgan fingerprint density at radius 1 is 1.38 bits per heavy atom. The third-order valence-electron chi connectivity index (χ3n) is 3.21. The lowest BCUT2D eigenvalue weighted by molar-refractivity contribution is 0.406. The number of nitrogens with one attached hydrogen (secondary N) is 1. The fraction of sp³-hybridized carbons (Fsp3) is 0.545. The summed E-state index contributed by atoms with van der Waals surface area (Å²) in [6.45, 7) is 0.697. The SMILES string of the molecule is CNCc1nnc2ccc(C3CCC3)nn12. The van der Waals surface area contributed by atoms with Crippen molar-refractivity contribution in [3.8, 4) is 0 Å². The van der Waals surface area contributed by atoms with Crippen LogP contribution in [0.25, 0.3) is 5.65 Å². The zero-order valence-corrected chi connectivity index (χ0v) is 9.35. The first-order chi connectivity index (χ1) is 7.88. The van der Waals surface area contributed by atoms with E-state index in [1.807, 2.05) is 17.6 Å². The second-order valence-corrected chi connectivity index (χ2v) is 4.30. The van der Waals surface area contributed by atoms with E-state index < -0.39 is 0 Å². The summed E-state index contributed by atoms with van der Waals surface area (Å²) < 4.78 is 1.85. The molecule has 5 heteroatoms. The summed E-state index contributed by atoms with van der Waals surface area (Å²) in [5.74, 6) is 1.52. The average molecular weight is 217 g/mol. The van der Waals surface area contributed by atoms with Crippen molar-refractivity contribution in [3.05, 3.63) is 23.7 Å². The summed E-state index contributed by atoms with van der Waals surface area (Å²) in [6, 6.07) is 4.09. The lowest BCUT2D eigenvalue weighted by Gasteiger charge is -2.24. The monoisotopic (exact) mass is 217 g/mol. The molecule has 0 aliphatic heterocycles. The summed E-state index contributed by atoms with van der Waals surface area (Å²) in [7, 11) is 1.90. The quantitative estimate of drug-likeness (QED) is 0.836. The van der Waals surface area contributed by atoms with Gasteiger partial charge < -0.3 is 5.32 Å². The molecule has 1 aliphatic rings. The van der Waals surface area contributed by atoms with E-state index in [9.17, 15) is 0 Å². The normalized spacial score (nSPS) is 16.6. The minimum Gasteiger partial charge on any atom is -0.313 e. The Morgan fingerprint density at radius 2 is 2.25 bits per heavy atom. The zero-order chi connectivity index (χ0) is 11.0. The van der Waals surface area contributed by atoms with Crippen molar-refractivity contribution >= 4 is 5.65 Å². The predicted molar refractivity (Wildman–Crippen MR) is 60.1 cm³/mol. The van der Waals surface area contributed by atoms with Crippen molar-refractivity contribution in [1.82, 2.24) is 25.1 Å². The Bertz CT molecular complexity index is 500. The van der Waals surface area contributed by atoms with Gasteiger partial charge in [0, 0.05) is 5.92 Å². The van der Waals surface area contributed by atoms with Gasteiger partial charge in [-0.15, -0.1) is 10.2 Å². The topological polar surface area (TPSA) is 55.1 Å². The molecule has 0 spiro atoms. The third-order valence-corrected chi connectivity index (χ3v) is 3.21. The highest BCUT2D eigenvalue weighted by Gasteiger charge is 2.21. The lowest BCUT2D eigenvalue weighted by atomic mass is 9.83. The third kappa shape index (κ3) is 1.48. The summed E-state index contributed by atoms with van der Waals surface area (Å²) in [5.41, 5.74) is 2.00. The van der Waals surface area contributed by atoms with Crippen molar-refractivity contribution in [2.45, 2.75) is 31.7 Å². The standard InChI is InChI=1S/C11H15N5/c1-12-7-11-14-13-10-6-5-9(15-16(10)11)8-3-2-4-8/h5-6,8,12H,2-4,7H2,1H3. The maximum Gasteiger partial charge on any atom is 0.177 e. The van der Waals surface area contributed by atoms with E-state index in [4.69, 9.17) is 0 Å². The Balaban J connectivity index is 2.03. The molecule has 0 radical (unpaired) electrons. The minimum absolute atomic E-state index is 0.647. The number of fused-ring (bicyclic) bond motifs is 1. The van der Waals surface area contributed by atoms with Gasteiger partial charge in [0.1, 0.15) is 0 Å². The van der Waals surface area contributed by atoms with Crippen LogP contribution < -0.4 is 5.32 Å². The second kappa shape index (κ2) is 3.83. The highest BCUT2D eigenvalue weighted by Crippen LogP contribution is 2.34. The molecule has 2 aromatic rings. The van der Waals surface area contributed by atoms with Crippen molar-refractivity contribution in [2.24, 2.45) is 0 Å². The molecule has 2 heterocycles. The molecular formula is C11H15N5. The number of hydrogen-bond donors (Lipinski definition) is 1. The highest BCUT2D eigenvalue weighted by atomic mass is 15.4. The van der Waals surface area contributed by atoms with E-state index in [0.717, 1.165) is 11.5 Å². The van der Waals surface area contributed by atoms with Gasteiger partial charge >= 0.3 is 0 Å². The predicted octanol–water partition coefficient (Wildman–Crippen LogP) is 1.11. The molecule has 1 saturated carbocycles. The van der Waals surface area contributed by atoms with Crippen LogP contribution in [-0.4, -0.2) is 26.9 Å². The van der Waals surface area contributed by atoms with Crippen LogP contribution in [0.1, 0.15) is 36.7 Å². The molecule has 0 unspecified atom stereocenters. The van der Waals surface area contributed by atoms with Gasteiger partial charge in [-0.1, -0.05) is 6.42 Å². The molecule has 1 fully saturated rings. The molecule has 0 saturated heterocycles. The molecule has 1 N–H and O–H groups in total. The van der Waals surface area contributed by atoms with Crippen LogP contribution in [0.2, 0.25) is 0 Å². The van der Waals surface area contributed by atoms with Gasteiger partial charge in [-0.05, 0) is 32.0 Å². The first-order valence-corrected chi connectivity index (χ1v) is 5.74. The highest BCUT2D eigenvalue weighted by molar-refractivity contribution is 5.37. The molecular weight excluding hydrogens is 202 g/mol. The molecule has 1 aliphatic carbocycles. The van der Waals surface area contributed by atoms with E-state index in [1.54, 1.807) is 0 Å². The summed E-state index contributed by atoms with van der Waals surface area (Å²) in [5, 5.41) is 15.9. The van der Waals surface area contributed by atoms with Crippen LogP contribution in [0.3, 0.4) is 0 Å². The van der Waals surface area contributed by atoms with Gasteiger partial charge in [-0.25, -0.2) is 0 Å². The van der Waals surface area contributed by atoms with Gasteiger partial charge in [0.15, 0.2) is 11.5 Å². The maximum absolute atomic E-state index is 4.63. The van der Waals surface area contributed by atoms with Crippen molar-refractivity contribution in [1.29, 1.82) is 0 Å². The van der Waals surface area contributed by atoms with Gasteiger partial charge in [0.2, 0.25) is 0 Å². The van der Waals surface area contributed by atoms with E-state index in [2.05, 4.69) is 26.7 Å². The van der Waals surface area contributed by atoms with Crippen molar-refractivity contribution in [3.63, 3.8) is 0 Å². The minimum atomic E-state index is 0.647. The first-order valence-electron chi connectivity index (χ1n) is 5.74. The molecule has 0 bridgehead atoms. The van der Waals surface area contributed by atoms with E-state index >= 15 is 0 Å². The van der Waals surface area contributed by atoms with Gasteiger partial charge in [-0.3, -0.25) is 0 Å². The maximum atomic E-state index is 4.63. The van der Waals surface area contributed by atoms with Crippen LogP contribution in [0.5, 0.6) is 0 Å². The largest absolute Gasteiger partial charge is 0.313 e. The number of hydrogen-bond acceptors (Lipinski definition) is 4. The van der Waals surface area contributed by atoms with Gasteiger partial charge in [-0.2, -0.15) is 9.61 Å². The fourth-order valence-corrected chi connectivity index (χ4v) is 2.04. The smallest absolute Gasteiger partial charge is 0.177 e. The zero-order valence-electron chi connectivity index (χ0n) is 9.35. The summed E-state index contributed by atoms with van der Waals surface area (Å²) in [4.78, 5) is 0. The van der Waals surface area contributed by atoms with Crippen molar-refractivity contribution < 1.29 is 0 Å². The Morgan fingerprint density at radius 3 is 2.94 bits per heavy atom. The second-order valence-electron chi connectivity index (χ2n) is 4.30. The van der Waals surface area contributed by atoms with Gasteiger partial charge in [0.25, 0.3) is 0 Å². The summed E-state index contributed by atoms with van der Waals surface area (Å²) in [6.07, 6.45) is 3.86. The van der Waals surface area contributed by atoms with Gasteiger partial charge in [0.05, 0.1) is 12.2 Å². The molecule has 2 aromatic heterocycles. The molecule has 84 valence electrons. The van der Waals surface area contributed by atoms with E-state index in [0.29, 0.717) is 12.5 Å². The summed E-state index contributed by atoms with van der Waals surface area (Å²) >= 11 is 0. The van der Waals surface area contributed by atoms with Crippen LogP contribution in [0.4, 0.5) is 0 Å². The Hall–Kier alpha value is -1.49.